The Morgan fingerprint density at radius 3 is 2.30 bits per heavy atom. The van der Waals surface area contributed by atoms with E-state index in [1.807, 2.05) is 6.92 Å². The van der Waals surface area contributed by atoms with Crippen LogP contribution in [0.2, 0.25) is 0 Å². The largest absolute Gasteiger partial charge is 0.530 e. The lowest BCUT2D eigenvalue weighted by atomic mass is 10.1. The summed E-state index contributed by atoms with van der Waals surface area (Å²) in [6.45, 7) is 5.07. The third kappa shape index (κ3) is 4.82. The van der Waals surface area contributed by atoms with Crippen molar-refractivity contribution < 1.29 is 22.5 Å². The van der Waals surface area contributed by atoms with Crippen LogP contribution >= 0.6 is 0 Å². The molecule has 1 atom stereocenters. The molecule has 0 heterocycles. The molecule has 0 fully saturated rings. The molecule has 0 spiro atoms. The van der Waals surface area contributed by atoms with Gasteiger partial charge in [0.15, 0.2) is 0 Å². The van der Waals surface area contributed by atoms with Crippen LogP contribution < -0.4 is 10.4 Å². The monoisotopic (exact) mass is 300 g/mol. The highest BCUT2D eigenvalue weighted by molar-refractivity contribution is 7.86. The molecule has 1 unspecified atom stereocenters. The molecule has 112 valence electrons. The fourth-order valence-electron chi connectivity index (χ4n) is 1.49. The number of hydrogen-bond donors (Lipinski definition) is 1. The van der Waals surface area contributed by atoms with Crippen LogP contribution in [0.3, 0.4) is 0 Å². The van der Waals surface area contributed by atoms with Gasteiger partial charge in [0.05, 0.1) is 17.5 Å². The topological polar surface area (TPSA) is 95.5 Å². The van der Waals surface area contributed by atoms with E-state index in [-0.39, 0.29) is 17.4 Å². The van der Waals surface area contributed by atoms with Crippen molar-refractivity contribution in [2.75, 3.05) is 6.61 Å². The Kier molecular flexibility index (Phi) is 5.52. The molecule has 0 saturated carbocycles. The van der Waals surface area contributed by atoms with Gasteiger partial charge in [-0.2, -0.15) is 8.42 Å². The zero-order valence-corrected chi connectivity index (χ0v) is 12.4. The average Bonchev–Trinajstić information content (AvgIpc) is 2.34. The van der Waals surface area contributed by atoms with E-state index in [0.29, 0.717) is 0 Å². The molecule has 20 heavy (non-hydrogen) atoms. The van der Waals surface area contributed by atoms with E-state index in [1.165, 1.54) is 12.1 Å². The van der Waals surface area contributed by atoms with Crippen molar-refractivity contribution in [2.24, 2.45) is 5.92 Å². The molecule has 0 aliphatic carbocycles. The Morgan fingerprint density at radius 2 is 1.85 bits per heavy atom. The van der Waals surface area contributed by atoms with Gasteiger partial charge in [0, 0.05) is 0 Å². The highest BCUT2D eigenvalue weighted by atomic mass is 32.2. The third-order valence-corrected chi connectivity index (χ3v) is 4.12. The predicted molar refractivity (Wildman–Crippen MR) is 71.5 cm³/mol. The Morgan fingerprint density at radius 1 is 1.30 bits per heavy atom. The number of hydrogen-bond acceptors (Lipinski definition) is 5. The van der Waals surface area contributed by atoms with E-state index in [1.54, 1.807) is 26.0 Å². The normalized spacial score (nSPS) is 13.2. The second kappa shape index (κ2) is 6.71. The summed E-state index contributed by atoms with van der Waals surface area (Å²) in [5, 5.41) is 12.6. The summed E-state index contributed by atoms with van der Waals surface area (Å²) >= 11 is 0. The highest BCUT2D eigenvalue weighted by Crippen LogP contribution is 2.14. The third-order valence-electron chi connectivity index (χ3n) is 2.82. The van der Waals surface area contributed by atoms with Gasteiger partial charge in [-0.05, 0) is 25.0 Å². The molecule has 7 heteroatoms. The van der Waals surface area contributed by atoms with Gasteiger partial charge < -0.3 is 15.2 Å². The Hall–Kier alpha value is -1.60. The van der Waals surface area contributed by atoms with Crippen molar-refractivity contribution in [3.8, 4) is 0 Å². The lowest BCUT2D eigenvalue weighted by Crippen LogP contribution is -2.48. The van der Waals surface area contributed by atoms with Crippen molar-refractivity contribution in [3.05, 3.63) is 29.8 Å². The van der Waals surface area contributed by atoms with E-state index >= 15 is 0 Å². The summed E-state index contributed by atoms with van der Waals surface area (Å²) in [5.74, 6) is -0.124. The SMILES string of the molecule is Cc1ccc(S(=O)(=O)OCC(NC(=O)[O-])C(C)C)cc1. The Bertz CT molecular complexity index is 551. The number of carboxylic acid groups (broad SMARTS) is 1. The van der Waals surface area contributed by atoms with E-state index in [9.17, 15) is 18.3 Å². The van der Waals surface area contributed by atoms with E-state index < -0.39 is 22.3 Å². The average molecular weight is 300 g/mol. The van der Waals surface area contributed by atoms with Gasteiger partial charge >= 0.3 is 0 Å². The van der Waals surface area contributed by atoms with Crippen molar-refractivity contribution in [2.45, 2.75) is 31.7 Å². The van der Waals surface area contributed by atoms with Gasteiger partial charge in [0.2, 0.25) is 0 Å². The maximum atomic E-state index is 11.9. The molecule has 1 rings (SSSR count). The molecular formula is C13H18NO5S-. The number of rotatable bonds is 6. The minimum atomic E-state index is -3.89. The fraction of sp³-hybridized carbons (Fsp3) is 0.462. The summed E-state index contributed by atoms with van der Waals surface area (Å²) in [6, 6.07) is 5.56. The fourth-order valence-corrected chi connectivity index (χ4v) is 2.42. The molecule has 0 aromatic heterocycles. The van der Waals surface area contributed by atoms with Crippen molar-refractivity contribution >= 4 is 16.2 Å². The molecular weight excluding hydrogens is 282 g/mol. The van der Waals surface area contributed by atoms with Gasteiger partial charge in [0.1, 0.15) is 6.09 Å². The second-order valence-electron chi connectivity index (χ2n) is 4.83. The summed E-state index contributed by atoms with van der Waals surface area (Å²) in [6.07, 6.45) is -1.46. The Labute approximate surface area is 118 Å². The van der Waals surface area contributed by atoms with Crippen LogP contribution in [0.25, 0.3) is 0 Å². The number of nitrogens with one attached hydrogen (secondary N) is 1. The molecule has 0 bridgehead atoms. The maximum Gasteiger partial charge on any atom is 0.297 e. The summed E-state index contributed by atoms with van der Waals surface area (Å²) in [4.78, 5) is 10.6. The minimum Gasteiger partial charge on any atom is -0.530 e. The molecule has 0 aliphatic rings. The second-order valence-corrected chi connectivity index (χ2v) is 6.45. The number of carbonyl (C=O) groups is 1. The van der Waals surface area contributed by atoms with Gasteiger partial charge in [-0.1, -0.05) is 31.5 Å². The number of amides is 1. The number of benzene rings is 1. The molecule has 1 amide bonds. The van der Waals surface area contributed by atoms with Crippen molar-refractivity contribution in [1.82, 2.24) is 5.32 Å². The summed E-state index contributed by atoms with van der Waals surface area (Å²) < 4.78 is 28.8. The molecule has 1 aromatic rings. The summed E-state index contributed by atoms with van der Waals surface area (Å²) in [5.41, 5.74) is 0.933. The molecule has 1 N–H and O–H groups in total. The van der Waals surface area contributed by atoms with E-state index in [0.717, 1.165) is 5.56 Å². The van der Waals surface area contributed by atoms with Crippen LogP contribution in [-0.2, 0) is 14.3 Å². The standard InChI is InChI=1S/C13H19NO5S/c1-9(2)12(14-13(15)16)8-19-20(17,18)11-6-4-10(3)5-7-11/h4-7,9,12,14H,8H2,1-3H3,(H,15,16)/p-1. The smallest absolute Gasteiger partial charge is 0.297 e. The number of carbonyl (C=O) groups excluding carboxylic acids is 1. The molecule has 6 nitrogen and oxygen atoms in total. The quantitative estimate of drug-likeness (QED) is 0.779. The minimum absolute atomic E-state index is 0.0408. The molecule has 0 radical (unpaired) electrons. The first-order valence-corrected chi connectivity index (χ1v) is 7.57. The molecule has 0 aliphatic heterocycles. The van der Waals surface area contributed by atoms with E-state index in [2.05, 4.69) is 5.32 Å². The zero-order valence-electron chi connectivity index (χ0n) is 11.6. The zero-order chi connectivity index (χ0) is 15.3. The van der Waals surface area contributed by atoms with Crippen LogP contribution in [0, 0.1) is 12.8 Å². The van der Waals surface area contributed by atoms with E-state index in [4.69, 9.17) is 4.18 Å². The first-order chi connectivity index (χ1) is 9.22. The first-order valence-electron chi connectivity index (χ1n) is 6.16. The first kappa shape index (κ1) is 16.5. The number of aryl methyl sites for hydroxylation is 1. The van der Waals surface area contributed by atoms with Crippen LogP contribution in [0.15, 0.2) is 29.2 Å². The summed E-state index contributed by atoms with van der Waals surface area (Å²) in [7, 11) is -3.89. The molecule has 0 saturated heterocycles. The van der Waals surface area contributed by atoms with Crippen LogP contribution in [0.4, 0.5) is 4.79 Å². The van der Waals surface area contributed by atoms with Gasteiger partial charge in [-0.15, -0.1) is 0 Å². The predicted octanol–water partition coefficient (Wildman–Crippen LogP) is 0.658. The van der Waals surface area contributed by atoms with Crippen LogP contribution in [0.5, 0.6) is 0 Å². The van der Waals surface area contributed by atoms with Crippen molar-refractivity contribution in [3.63, 3.8) is 0 Å². The Balaban J connectivity index is 2.75. The van der Waals surface area contributed by atoms with Gasteiger partial charge in [0.25, 0.3) is 10.1 Å². The highest BCUT2D eigenvalue weighted by Gasteiger charge is 2.20. The lowest BCUT2D eigenvalue weighted by molar-refractivity contribution is -0.252. The van der Waals surface area contributed by atoms with Crippen molar-refractivity contribution in [1.29, 1.82) is 0 Å². The van der Waals surface area contributed by atoms with Crippen LogP contribution in [-0.4, -0.2) is 27.2 Å². The van der Waals surface area contributed by atoms with Crippen LogP contribution in [0.1, 0.15) is 19.4 Å². The lowest BCUT2D eigenvalue weighted by Gasteiger charge is -2.23. The van der Waals surface area contributed by atoms with Gasteiger partial charge in [-0.3, -0.25) is 4.18 Å². The van der Waals surface area contributed by atoms with Gasteiger partial charge in [-0.25, -0.2) is 0 Å². The maximum absolute atomic E-state index is 11.9. The molecule has 1 aromatic carbocycles.